The molecule has 1 fully saturated rings. The Kier molecular flexibility index (Phi) is 11.1. The molecule has 4 nitrogen and oxygen atoms in total. The highest BCUT2D eigenvalue weighted by atomic mass is 35.5. The number of halogens is 1. The van der Waals surface area contributed by atoms with Gasteiger partial charge in [-0.05, 0) is 74.1 Å². The van der Waals surface area contributed by atoms with E-state index in [0.29, 0.717) is 42.6 Å². The second kappa shape index (κ2) is 14.9. The third-order valence-electron chi connectivity index (χ3n) is 10.0. The van der Waals surface area contributed by atoms with E-state index < -0.39 is 8.32 Å². The molecule has 5 rings (SSSR count). The molecule has 0 saturated carbocycles. The second-order valence-corrected chi connectivity index (χ2v) is 18.6. The Morgan fingerprint density at radius 2 is 1.35 bits per heavy atom. The Labute approximate surface area is 282 Å². The molecule has 4 aromatic carbocycles. The van der Waals surface area contributed by atoms with E-state index in [4.69, 9.17) is 30.2 Å². The van der Waals surface area contributed by atoms with Crippen molar-refractivity contribution in [2.45, 2.75) is 72.0 Å². The molecule has 46 heavy (non-hydrogen) atoms. The van der Waals surface area contributed by atoms with Gasteiger partial charge in [0.15, 0.2) is 0 Å². The van der Waals surface area contributed by atoms with Gasteiger partial charge in [0.2, 0.25) is 0 Å². The van der Waals surface area contributed by atoms with E-state index in [2.05, 4.69) is 114 Å². The lowest BCUT2D eigenvalue weighted by Gasteiger charge is -2.44. The van der Waals surface area contributed by atoms with Crippen molar-refractivity contribution >= 4 is 30.3 Å². The summed E-state index contributed by atoms with van der Waals surface area (Å²) in [5, 5.41) is 3.10. The summed E-state index contributed by atoms with van der Waals surface area (Å²) < 4.78 is 25.6. The van der Waals surface area contributed by atoms with E-state index in [9.17, 15) is 0 Å². The van der Waals surface area contributed by atoms with Gasteiger partial charge < -0.3 is 18.6 Å². The number of methoxy groups -OCH3 is 1. The molecule has 0 bridgehead atoms. The normalized spacial score (nSPS) is 22.0. The second-order valence-electron chi connectivity index (χ2n) is 13.8. The molecule has 0 spiro atoms. The standard InChI is InChI=1S/C40H49ClO4Si/c1-28-29(2)38(27-43-25-31-18-21-34(42-7)22-19-31)45-39(30(28)3)32-20-23-37(41)33(24-32)26-44-46(40(4,5)6,35-14-10-8-11-15-35)36-16-12-9-13-17-36/h8-24,28-30,38-39H,25-27H2,1-7H3/t28-,29+,30?,38?,39+/m0/s1. The van der Waals surface area contributed by atoms with Crippen LogP contribution in [0.4, 0.5) is 0 Å². The molecule has 244 valence electrons. The van der Waals surface area contributed by atoms with E-state index >= 15 is 0 Å². The van der Waals surface area contributed by atoms with Gasteiger partial charge in [0.05, 0.1) is 39.1 Å². The Morgan fingerprint density at radius 3 is 1.91 bits per heavy atom. The predicted octanol–water partition coefficient (Wildman–Crippen LogP) is 8.99. The van der Waals surface area contributed by atoms with Crippen LogP contribution in [0.5, 0.6) is 5.75 Å². The molecule has 1 heterocycles. The fourth-order valence-electron chi connectivity index (χ4n) is 6.95. The largest absolute Gasteiger partial charge is 0.497 e. The lowest BCUT2D eigenvalue weighted by Crippen LogP contribution is -2.66. The van der Waals surface area contributed by atoms with Gasteiger partial charge in [0.1, 0.15) is 5.75 Å². The van der Waals surface area contributed by atoms with Gasteiger partial charge in [0.25, 0.3) is 8.32 Å². The molecule has 6 heteroatoms. The smallest absolute Gasteiger partial charge is 0.261 e. The zero-order chi connectivity index (χ0) is 32.9. The van der Waals surface area contributed by atoms with Gasteiger partial charge >= 0.3 is 0 Å². The van der Waals surface area contributed by atoms with Gasteiger partial charge in [0, 0.05) is 5.02 Å². The first kappa shape index (κ1) is 34.4. The van der Waals surface area contributed by atoms with E-state index in [-0.39, 0.29) is 17.2 Å². The highest BCUT2D eigenvalue weighted by molar-refractivity contribution is 6.99. The third-order valence-corrected chi connectivity index (χ3v) is 15.4. The Hall–Kier alpha value is -2.93. The number of rotatable bonds is 11. The fraction of sp³-hybridized carbons (Fsp3) is 0.400. The van der Waals surface area contributed by atoms with Gasteiger partial charge in [-0.2, -0.15) is 0 Å². The van der Waals surface area contributed by atoms with Gasteiger partial charge in [-0.3, -0.25) is 0 Å². The molecule has 0 aliphatic carbocycles. The SMILES string of the molecule is COc1ccc(COCC2O[C@@H](c3ccc(Cl)c(CO[Si](c4ccccc4)(c4ccccc4)C(C)(C)C)c3)C(C)[C@@H](C)[C@H]2C)cc1. The first-order chi connectivity index (χ1) is 22.0. The van der Waals surface area contributed by atoms with Crippen LogP contribution in [0.3, 0.4) is 0 Å². The first-order valence-electron chi connectivity index (χ1n) is 16.4. The molecule has 0 amide bonds. The maximum Gasteiger partial charge on any atom is 0.261 e. The van der Waals surface area contributed by atoms with Crippen molar-refractivity contribution in [2.24, 2.45) is 17.8 Å². The number of benzene rings is 4. The highest BCUT2D eigenvalue weighted by Crippen LogP contribution is 2.44. The van der Waals surface area contributed by atoms with Crippen LogP contribution in [0.2, 0.25) is 10.1 Å². The number of ether oxygens (including phenoxy) is 3. The van der Waals surface area contributed by atoms with Crippen LogP contribution in [-0.4, -0.2) is 28.1 Å². The summed E-state index contributed by atoms with van der Waals surface area (Å²) >= 11 is 6.90. The van der Waals surface area contributed by atoms with Crippen molar-refractivity contribution in [3.63, 3.8) is 0 Å². The molecule has 0 N–H and O–H groups in total. The lowest BCUT2D eigenvalue weighted by atomic mass is 9.75. The van der Waals surface area contributed by atoms with E-state index in [1.54, 1.807) is 7.11 Å². The summed E-state index contributed by atoms with van der Waals surface area (Å²) in [6.45, 7) is 15.3. The molecular weight excluding hydrogens is 608 g/mol. The zero-order valence-corrected chi connectivity index (χ0v) is 30.1. The molecule has 0 radical (unpaired) electrons. The average Bonchev–Trinajstić information content (AvgIpc) is 3.06. The Bertz CT molecular complexity index is 1500. The molecule has 1 aliphatic heterocycles. The molecule has 4 aromatic rings. The summed E-state index contributed by atoms with van der Waals surface area (Å²) in [6, 6.07) is 35.8. The molecular formula is C40H49ClO4Si. The van der Waals surface area contributed by atoms with Crippen LogP contribution < -0.4 is 15.1 Å². The van der Waals surface area contributed by atoms with Crippen LogP contribution in [0.25, 0.3) is 0 Å². The third kappa shape index (κ3) is 7.29. The maximum absolute atomic E-state index is 7.26. The Morgan fingerprint density at radius 1 is 0.739 bits per heavy atom. The fourth-order valence-corrected chi connectivity index (χ4v) is 11.6. The molecule has 0 aromatic heterocycles. The van der Waals surface area contributed by atoms with E-state index in [1.807, 2.05) is 30.3 Å². The van der Waals surface area contributed by atoms with Crippen molar-refractivity contribution in [3.05, 3.63) is 125 Å². The summed E-state index contributed by atoms with van der Waals surface area (Å²) in [7, 11) is -1.04. The van der Waals surface area contributed by atoms with Crippen molar-refractivity contribution in [1.29, 1.82) is 0 Å². The van der Waals surface area contributed by atoms with Gasteiger partial charge in [-0.25, -0.2) is 0 Å². The average molecular weight is 657 g/mol. The van der Waals surface area contributed by atoms with Crippen LogP contribution in [-0.2, 0) is 27.1 Å². The van der Waals surface area contributed by atoms with Crippen LogP contribution >= 0.6 is 11.6 Å². The summed E-state index contributed by atoms with van der Waals surface area (Å²) in [5.41, 5.74) is 3.24. The molecule has 1 aliphatic rings. The first-order valence-corrected chi connectivity index (χ1v) is 18.7. The monoisotopic (exact) mass is 656 g/mol. The minimum atomic E-state index is -2.72. The van der Waals surface area contributed by atoms with Gasteiger partial charge in [-0.1, -0.05) is 132 Å². The van der Waals surface area contributed by atoms with Gasteiger partial charge in [-0.15, -0.1) is 0 Å². The van der Waals surface area contributed by atoms with E-state index in [1.165, 1.54) is 10.4 Å². The van der Waals surface area contributed by atoms with Crippen LogP contribution in [0, 0.1) is 17.8 Å². The highest BCUT2D eigenvalue weighted by Gasteiger charge is 2.50. The van der Waals surface area contributed by atoms with Crippen molar-refractivity contribution in [2.75, 3.05) is 13.7 Å². The van der Waals surface area contributed by atoms with Crippen molar-refractivity contribution in [3.8, 4) is 5.75 Å². The van der Waals surface area contributed by atoms with Crippen molar-refractivity contribution in [1.82, 2.24) is 0 Å². The zero-order valence-electron chi connectivity index (χ0n) is 28.3. The lowest BCUT2D eigenvalue weighted by molar-refractivity contribution is -0.159. The number of hydrogen-bond donors (Lipinski definition) is 0. The quantitative estimate of drug-likeness (QED) is 0.151. The summed E-state index contributed by atoms with van der Waals surface area (Å²) in [5.74, 6) is 2.01. The Balaban J connectivity index is 1.37. The summed E-state index contributed by atoms with van der Waals surface area (Å²) in [4.78, 5) is 0. The van der Waals surface area contributed by atoms with Crippen LogP contribution in [0.15, 0.2) is 103 Å². The topological polar surface area (TPSA) is 36.9 Å². The maximum atomic E-state index is 7.26. The molecule has 5 atom stereocenters. The van der Waals surface area contributed by atoms with E-state index in [0.717, 1.165) is 22.4 Å². The molecule has 2 unspecified atom stereocenters. The molecule has 1 saturated heterocycles. The number of hydrogen-bond acceptors (Lipinski definition) is 4. The van der Waals surface area contributed by atoms with Crippen LogP contribution in [0.1, 0.15) is 64.3 Å². The minimum Gasteiger partial charge on any atom is -0.497 e. The summed E-state index contributed by atoms with van der Waals surface area (Å²) in [6.07, 6.45) is -0.0772. The minimum absolute atomic E-state index is 0.0121. The van der Waals surface area contributed by atoms with Crippen molar-refractivity contribution < 1.29 is 18.6 Å². The predicted molar refractivity (Wildman–Crippen MR) is 192 cm³/mol.